The van der Waals surface area contributed by atoms with Crippen molar-refractivity contribution in [2.75, 3.05) is 28.4 Å². The van der Waals surface area contributed by atoms with Gasteiger partial charge in [0.15, 0.2) is 0 Å². The molecule has 0 bridgehead atoms. The highest BCUT2D eigenvalue weighted by atomic mass is 16.5. The lowest BCUT2D eigenvalue weighted by molar-refractivity contribution is 0.346. The van der Waals surface area contributed by atoms with Crippen LogP contribution in [0.15, 0.2) is 24.3 Å². The van der Waals surface area contributed by atoms with Crippen molar-refractivity contribution >= 4 is 0 Å². The van der Waals surface area contributed by atoms with E-state index in [1.54, 1.807) is 0 Å². The van der Waals surface area contributed by atoms with Crippen LogP contribution in [0.5, 0.6) is 34.5 Å². The van der Waals surface area contributed by atoms with Gasteiger partial charge in [0.1, 0.15) is 34.5 Å². The minimum absolute atomic E-state index is 0.0397. The zero-order chi connectivity index (χ0) is 18.8. The summed E-state index contributed by atoms with van der Waals surface area (Å²) in [5.41, 5.74) is 0.754. The molecule has 0 atom stereocenters. The van der Waals surface area contributed by atoms with E-state index in [0.717, 1.165) is 11.1 Å². The van der Waals surface area contributed by atoms with Crippen molar-refractivity contribution in [1.82, 2.24) is 0 Å². The van der Waals surface area contributed by atoms with E-state index in [1.165, 1.54) is 52.7 Å². The lowest BCUT2D eigenvalue weighted by Gasteiger charge is -2.32. The molecule has 25 heavy (non-hydrogen) atoms. The highest BCUT2D eigenvalue weighted by molar-refractivity contribution is 5.63. The molecule has 2 aromatic rings. The monoisotopic (exact) mass is 348 g/mol. The van der Waals surface area contributed by atoms with Gasteiger partial charge in [-0.15, -0.1) is 0 Å². The van der Waals surface area contributed by atoms with Gasteiger partial charge in [-0.25, -0.2) is 0 Å². The number of benzene rings is 2. The van der Waals surface area contributed by atoms with Crippen molar-refractivity contribution in [3.05, 3.63) is 35.4 Å². The van der Waals surface area contributed by atoms with Crippen LogP contribution in [0, 0.1) is 0 Å². The summed E-state index contributed by atoms with van der Waals surface area (Å²) in [6.07, 6.45) is 0. The van der Waals surface area contributed by atoms with Crippen molar-refractivity contribution in [2.24, 2.45) is 0 Å². The first-order chi connectivity index (χ1) is 11.8. The Bertz CT molecular complexity index is 653. The zero-order valence-corrected chi connectivity index (χ0v) is 15.3. The molecule has 0 fully saturated rings. The topological polar surface area (TPSA) is 77.4 Å². The van der Waals surface area contributed by atoms with Gasteiger partial charge in [0.2, 0.25) is 0 Å². The van der Waals surface area contributed by atoms with Crippen LogP contribution in [-0.2, 0) is 5.41 Å². The predicted molar refractivity (Wildman–Crippen MR) is 94.5 cm³/mol. The third-order valence-electron chi connectivity index (χ3n) is 4.23. The van der Waals surface area contributed by atoms with Gasteiger partial charge in [-0.1, -0.05) is 13.8 Å². The maximum Gasteiger partial charge on any atom is 0.130 e. The molecule has 0 spiro atoms. The van der Waals surface area contributed by atoms with Crippen molar-refractivity contribution in [2.45, 2.75) is 19.3 Å². The fraction of sp³-hybridized carbons (Fsp3) is 0.368. The molecule has 2 N–H and O–H groups in total. The number of hydrogen-bond donors (Lipinski definition) is 2. The number of rotatable bonds is 6. The summed E-state index contributed by atoms with van der Waals surface area (Å²) >= 11 is 0. The van der Waals surface area contributed by atoms with Gasteiger partial charge in [-0.05, 0) is 0 Å². The van der Waals surface area contributed by atoms with E-state index in [4.69, 9.17) is 18.9 Å². The number of methoxy groups -OCH3 is 4. The smallest absolute Gasteiger partial charge is 0.130 e. The summed E-state index contributed by atoms with van der Waals surface area (Å²) in [5, 5.41) is 19.8. The van der Waals surface area contributed by atoms with Crippen molar-refractivity contribution in [3.8, 4) is 34.5 Å². The Balaban J connectivity index is 2.84. The molecule has 2 rings (SSSR count). The maximum atomic E-state index is 9.91. The highest BCUT2D eigenvalue weighted by Gasteiger charge is 2.36. The molecule has 0 aliphatic rings. The standard InChI is InChI=1S/C19H24O6/c1-19(2,17-13(22-3)7-11(20)8-14(17)23-4)18-15(24-5)9-12(21)10-16(18)25-6/h7-10,20-21H,1-6H3. The summed E-state index contributed by atoms with van der Waals surface area (Å²) in [6, 6.07) is 6.11. The van der Waals surface area contributed by atoms with Gasteiger partial charge < -0.3 is 29.2 Å². The third-order valence-corrected chi connectivity index (χ3v) is 4.23. The van der Waals surface area contributed by atoms with Crippen molar-refractivity contribution < 1.29 is 29.2 Å². The molecular formula is C19H24O6. The van der Waals surface area contributed by atoms with Gasteiger partial charge in [0, 0.05) is 40.8 Å². The van der Waals surface area contributed by atoms with E-state index in [0.29, 0.717) is 23.0 Å². The van der Waals surface area contributed by atoms with Crippen LogP contribution in [0.2, 0.25) is 0 Å². The summed E-state index contributed by atoms with van der Waals surface area (Å²) in [6.45, 7) is 3.92. The summed E-state index contributed by atoms with van der Waals surface area (Å²) in [7, 11) is 6.11. The Hall–Kier alpha value is -2.76. The molecule has 2 aromatic carbocycles. The van der Waals surface area contributed by atoms with E-state index in [-0.39, 0.29) is 11.5 Å². The minimum atomic E-state index is -0.686. The Kier molecular flexibility index (Phi) is 5.21. The zero-order valence-electron chi connectivity index (χ0n) is 15.3. The number of ether oxygens (including phenoxy) is 4. The molecule has 0 aliphatic heterocycles. The second-order valence-electron chi connectivity index (χ2n) is 6.08. The van der Waals surface area contributed by atoms with Crippen LogP contribution in [0.4, 0.5) is 0 Å². The van der Waals surface area contributed by atoms with E-state index in [9.17, 15) is 10.2 Å². The number of phenols is 2. The van der Waals surface area contributed by atoms with Gasteiger partial charge >= 0.3 is 0 Å². The van der Waals surface area contributed by atoms with Crippen LogP contribution in [0.25, 0.3) is 0 Å². The molecule has 0 saturated heterocycles. The number of phenolic OH excluding ortho intramolecular Hbond substituents is 2. The van der Waals surface area contributed by atoms with Gasteiger partial charge in [0.05, 0.1) is 28.4 Å². The predicted octanol–water partition coefficient (Wildman–Crippen LogP) is 3.46. The van der Waals surface area contributed by atoms with Crippen LogP contribution >= 0.6 is 0 Å². The molecule has 0 unspecified atom stereocenters. The summed E-state index contributed by atoms with van der Waals surface area (Å²) in [4.78, 5) is 0. The molecule has 0 amide bonds. The van der Waals surface area contributed by atoms with Crippen molar-refractivity contribution in [3.63, 3.8) is 0 Å². The lowest BCUT2D eigenvalue weighted by Crippen LogP contribution is -2.23. The number of hydrogen-bond acceptors (Lipinski definition) is 6. The fourth-order valence-electron chi connectivity index (χ4n) is 3.15. The molecule has 6 heteroatoms. The van der Waals surface area contributed by atoms with Crippen LogP contribution < -0.4 is 18.9 Å². The molecule has 0 aliphatic carbocycles. The molecule has 0 radical (unpaired) electrons. The van der Waals surface area contributed by atoms with Crippen LogP contribution in [0.3, 0.4) is 0 Å². The first kappa shape index (κ1) is 18.6. The largest absolute Gasteiger partial charge is 0.508 e. The second kappa shape index (κ2) is 7.01. The molecule has 0 heterocycles. The van der Waals surface area contributed by atoms with Gasteiger partial charge in [-0.2, -0.15) is 0 Å². The quantitative estimate of drug-likeness (QED) is 0.832. The molecule has 136 valence electrons. The molecular weight excluding hydrogens is 324 g/mol. The Labute approximate surface area is 147 Å². The summed E-state index contributed by atoms with van der Waals surface area (Å²) < 4.78 is 21.9. The average Bonchev–Trinajstić information content (AvgIpc) is 2.59. The minimum Gasteiger partial charge on any atom is -0.508 e. The van der Waals surface area contributed by atoms with Gasteiger partial charge in [-0.3, -0.25) is 0 Å². The second-order valence-corrected chi connectivity index (χ2v) is 6.08. The van der Waals surface area contributed by atoms with E-state index in [2.05, 4.69) is 0 Å². The SMILES string of the molecule is COc1cc(O)cc(OC)c1C(C)(C)c1c(OC)cc(O)cc1OC. The molecule has 0 aromatic heterocycles. The maximum absolute atomic E-state index is 9.91. The molecule has 0 saturated carbocycles. The Morgan fingerprint density at radius 2 is 0.840 bits per heavy atom. The summed E-state index contributed by atoms with van der Waals surface area (Å²) in [5.74, 6) is 1.96. The van der Waals surface area contributed by atoms with Crippen LogP contribution in [-0.4, -0.2) is 38.7 Å². The van der Waals surface area contributed by atoms with Crippen LogP contribution in [0.1, 0.15) is 25.0 Å². The van der Waals surface area contributed by atoms with E-state index < -0.39 is 5.41 Å². The lowest BCUT2D eigenvalue weighted by atomic mass is 9.76. The van der Waals surface area contributed by atoms with Crippen molar-refractivity contribution in [1.29, 1.82) is 0 Å². The fourth-order valence-corrected chi connectivity index (χ4v) is 3.15. The van der Waals surface area contributed by atoms with Gasteiger partial charge in [0.25, 0.3) is 0 Å². The van der Waals surface area contributed by atoms with E-state index >= 15 is 0 Å². The normalized spacial score (nSPS) is 11.1. The average molecular weight is 348 g/mol. The Morgan fingerprint density at radius 3 is 1.04 bits per heavy atom. The first-order valence-corrected chi connectivity index (χ1v) is 7.71. The van der Waals surface area contributed by atoms with E-state index in [1.807, 2.05) is 13.8 Å². The molecule has 6 nitrogen and oxygen atoms in total. The first-order valence-electron chi connectivity index (χ1n) is 7.71. The highest BCUT2D eigenvalue weighted by Crippen LogP contribution is 2.51. The number of aromatic hydroxyl groups is 2. The third kappa shape index (κ3) is 3.24. The Morgan fingerprint density at radius 1 is 0.600 bits per heavy atom.